The molecule has 1 aliphatic rings. The number of carbonyl (C=O) groups is 2. The third-order valence-electron chi connectivity index (χ3n) is 2.81. The summed E-state index contributed by atoms with van der Waals surface area (Å²) >= 11 is 0. The molecule has 0 radical (unpaired) electrons. The minimum Gasteiger partial charge on any atom is -0.444 e. The number of nitrogens with zero attached hydrogens (tertiary/aromatic N) is 1. The van der Waals surface area contributed by atoms with Gasteiger partial charge in [-0.1, -0.05) is 0 Å². The van der Waals surface area contributed by atoms with Crippen LogP contribution in [0.3, 0.4) is 0 Å². The highest BCUT2D eigenvalue weighted by Crippen LogP contribution is 2.18. The van der Waals surface area contributed by atoms with E-state index in [1.165, 1.54) is 0 Å². The molecule has 0 aromatic heterocycles. The lowest BCUT2D eigenvalue weighted by Gasteiger charge is -2.37. The van der Waals surface area contributed by atoms with Crippen molar-refractivity contribution in [1.29, 1.82) is 0 Å². The highest BCUT2D eigenvalue weighted by Gasteiger charge is 2.37. The van der Waals surface area contributed by atoms with E-state index in [0.717, 1.165) is 4.31 Å². The van der Waals surface area contributed by atoms with Crippen LogP contribution in [0.15, 0.2) is 0 Å². The topological polar surface area (TPSA) is 114 Å². The van der Waals surface area contributed by atoms with Gasteiger partial charge in [-0.15, -0.1) is 0 Å². The number of rotatable bonds is 4. The zero-order valence-corrected chi connectivity index (χ0v) is 15.8. The predicted molar refractivity (Wildman–Crippen MR) is 87.6 cm³/mol. The van der Waals surface area contributed by atoms with Crippen LogP contribution in [0.5, 0.6) is 0 Å². The number of carbonyl (C=O) groups excluding carboxylic acids is 2. The standard InChI is InChI=1S/C14H27N3O6S/c1-13(2,3)22-11(18)15-7-10-8-17(9-10)24(20,21)16-12(19)23-14(4,5)6/h10H,7-9H2,1-6H3,(H,15,18)(H,16,19). The smallest absolute Gasteiger partial charge is 0.422 e. The van der Waals surface area contributed by atoms with Gasteiger partial charge in [0, 0.05) is 25.6 Å². The SMILES string of the molecule is CC(C)(C)OC(=O)NCC1CN(S(=O)(=O)NC(=O)OC(C)(C)C)C1. The molecule has 2 N–H and O–H groups in total. The normalized spacial score (nSPS) is 16.9. The molecular weight excluding hydrogens is 338 g/mol. The van der Waals surface area contributed by atoms with Gasteiger partial charge in [-0.2, -0.15) is 12.7 Å². The molecule has 2 amide bonds. The number of hydrogen-bond acceptors (Lipinski definition) is 6. The lowest BCUT2D eigenvalue weighted by molar-refractivity contribution is 0.0502. The molecule has 9 nitrogen and oxygen atoms in total. The van der Waals surface area contributed by atoms with Crippen LogP contribution in [0.2, 0.25) is 0 Å². The predicted octanol–water partition coefficient (Wildman–Crippen LogP) is 1.21. The quantitative estimate of drug-likeness (QED) is 0.774. The van der Waals surface area contributed by atoms with Crippen LogP contribution in [0, 0.1) is 5.92 Å². The number of hydrogen-bond donors (Lipinski definition) is 2. The van der Waals surface area contributed by atoms with Gasteiger partial charge in [0.15, 0.2) is 0 Å². The first-order valence-electron chi connectivity index (χ1n) is 7.66. The fourth-order valence-electron chi connectivity index (χ4n) is 1.86. The van der Waals surface area contributed by atoms with Crippen molar-refractivity contribution in [3.63, 3.8) is 0 Å². The first-order valence-corrected chi connectivity index (χ1v) is 9.10. The largest absolute Gasteiger partial charge is 0.444 e. The second-order valence-electron chi connectivity index (χ2n) is 7.67. The van der Waals surface area contributed by atoms with Crippen LogP contribution >= 0.6 is 0 Å². The highest BCUT2D eigenvalue weighted by molar-refractivity contribution is 7.87. The number of amides is 2. The van der Waals surface area contributed by atoms with Crippen molar-refractivity contribution < 1.29 is 27.5 Å². The van der Waals surface area contributed by atoms with Crippen molar-refractivity contribution in [2.45, 2.75) is 52.7 Å². The van der Waals surface area contributed by atoms with Crippen molar-refractivity contribution in [3.8, 4) is 0 Å². The van der Waals surface area contributed by atoms with Gasteiger partial charge in [-0.25, -0.2) is 14.3 Å². The Morgan fingerprint density at radius 1 is 1.00 bits per heavy atom. The molecule has 1 heterocycles. The Bertz CT molecular complexity index is 570. The van der Waals surface area contributed by atoms with Gasteiger partial charge < -0.3 is 14.8 Å². The van der Waals surface area contributed by atoms with Crippen LogP contribution in [-0.2, 0) is 19.7 Å². The number of alkyl carbamates (subject to hydrolysis) is 1. The molecule has 140 valence electrons. The molecule has 1 rings (SSSR count). The molecule has 0 aromatic carbocycles. The van der Waals surface area contributed by atoms with E-state index in [4.69, 9.17) is 9.47 Å². The molecule has 1 saturated heterocycles. The summed E-state index contributed by atoms with van der Waals surface area (Å²) in [6.45, 7) is 10.9. The molecule has 0 unspecified atom stereocenters. The zero-order chi connectivity index (χ0) is 18.8. The Morgan fingerprint density at radius 3 is 1.92 bits per heavy atom. The van der Waals surface area contributed by atoms with E-state index in [1.807, 2.05) is 4.72 Å². The molecule has 1 fully saturated rings. The van der Waals surface area contributed by atoms with Gasteiger partial charge >= 0.3 is 22.4 Å². The van der Waals surface area contributed by atoms with Crippen LogP contribution in [0.1, 0.15) is 41.5 Å². The Hall–Kier alpha value is -1.55. The van der Waals surface area contributed by atoms with E-state index in [9.17, 15) is 18.0 Å². The van der Waals surface area contributed by atoms with Crippen molar-refractivity contribution in [2.75, 3.05) is 19.6 Å². The second kappa shape index (κ2) is 7.14. The van der Waals surface area contributed by atoms with E-state index in [-0.39, 0.29) is 19.0 Å². The lowest BCUT2D eigenvalue weighted by atomic mass is 10.0. The van der Waals surface area contributed by atoms with Gasteiger partial charge in [-0.05, 0) is 41.5 Å². The van der Waals surface area contributed by atoms with Crippen molar-refractivity contribution >= 4 is 22.4 Å². The lowest BCUT2D eigenvalue weighted by Crippen LogP contribution is -2.57. The average Bonchev–Trinajstić information content (AvgIpc) is 2.19. The van der Waals surface area contributed by atoms with Crippen molar-refractivity contribution in [3.05, 3.63) is 0 Å². The Balaban J connectivity index is 2.36. The molecule has 0 aromatic rings. The monoisotopic (exact) mass is 365 g/mol. The van der Waals surface area contributed by atoms with Crippen molar-refractivity contribution in [1.82, 2.24) is 14.3 Å². The summed E-state index contributed by atoms with van der Waals surface area (Å²) in [4.78, 5) is 23.1. The maximum Gasteiger partial charge on any atom is 0.422 e. The minimum atomic E-state index is -3.93. The molecule has 0 aliphatic carbocycles. The molecule has 0 bridgehead atoms. The Labute approximate surface area is 143 Å². The summed E-state index contributed by atoms with van der Waals surface area (Å²) in [5, 5.41) is 2.59. The van der Waals surface area contributed by atoms with Crippen LogP contribution < -0.4 is 10.0 Å². The van der Waals surface area contributed by atoms with Crippen LogP contribution in [-0.4, -0.2) is 55.7 Å². The third kappa shape index (κ3) is 7.35. The van der Waals surface area contributed by atoms with E-state index in [0.29, 0.717) is 6.54 Å². The molecular formula is C14H27N3O6S. The zero-order valence-electron chi connectivity index (χ0n) is 15.0. The van der Waals surface area contributed by atoms with Gasteiger partial charge in [0.05, 0.1) is 0 Å². The van der Waals surface area contributed by atoms with Crippen LogP contribution in [0.25, 0.3) is 0 Å². The molecule has 10 heteroatoms. The minimum absolute atomic E-state index is 0.0345. The first-order chi connectivity index (χ1) is 10.7. The first kappa shape index (κ1) is 20.5. The Kier molecular flexibility index (Phi) is 6.10. The highest BCUT2D eigenvalue weighted by atomic mass is 32.2. The number of ether oxygens (including phenoxy) is 2. The van der Waals surface area contributed by atoms with Gasteiger partial charge in [-0.3, -0.25) is 0 Å². The van der Waals surface area contributed by atoms with Gasteiger partial charge in [0.2, 0.25) is 0 Å². The second-order valence-corrected chi connectivity index (χ2v) is 9.35. The molecule has 0 atom stereocenters. The van der Waals surface area contributed by atoms with E-state index in [1.54, 1.807) is 41.5 Å². The summed E-state index contributed by atoms with van der Waals surface area (Å²) in [7, 11) is -3.93. The van der Waals surface area contributed by atoms with E-state index < -0.39 is 33.6 Å². The third-order valence-corrected chi connectivity index (χ3v) is 4.21. The Morgan fingerprint density at radius 2 is 1.46 bits per heavy atom. The van der Waals surface area contributed by atoms with Gasteiger partial charge in [0.25, 0.3) is 0 Å². The molecule has 24 heavy (non-hydrogen) atoms. The van der Waals surface area contributed by atoms with Crippen LogP contribution in [0.4, 0.5) is 9.59 Å². The van der Waals surface area contributed by atoms with E-state index in [2.05, 4.69) is 5.32 Å². The van der Waals surface area contributed by atoms with Gasteiger partial charge in [0.1, 0.15) is 11.2 Å². The fraction of sp³-hybridized carbons (Fsp3) is 0.857. The average molecular weight is 365 g/mol. The molecule has 0 spiro atoms. The number of nitrogens with one attached hydrogen (secondary N) is 2. The summed E-state index contributed by atoms with van der Waals surface area (Å²) in [5.41, 5.74) is -1.37. The molecule has 1 aliphatic heterocycles. The summed E-state index contributed by atoms with van der Waals surface area (Å²) < 4.78 is 36.9. The maximum absolute atomic E-state index is 12.0. The maximum atomic E-state index is 12.0. The fourth-order valence-corrected chi connectivity index (χ4v) is 3.05. The van der Waals surface area contributed by atoms with E-state index >= 15 is 0 Å². The summed E-state index contributed by atoms with van der Waals surface area (Å²) in [6, 6.07) is 0. The van der Waals surface area contributed by atoms with Crippen molar-refractivity contribution in [2.24, 2.45) is 5.92 Å². The summed E-state index contributed by atoms with van der Waals surface area (Å²) in [5.74, 6) is -0.0345. The molecule has 0 saturated carbocycles. The summed E-state index contributed by atoms with van der Waals surface area (Å²) in [6.07, 6.45) is -1.56.